The molecule has 0 heterocycles. The SMILES string of the molecule is [B]NC(C)(C)CC(COP(=O)(O)OCC(C)COP(=O)(O)O)CC(C)(C)OP(=O)(O)O. The topological polar surface area (TPSA) is 201 Å². The molecule has 6 N–H and O–H groups in total. The fraction of sp³-hybridized carbons (Fsp3) is 1.00. The van der Waals surface area contributed by atoms with Gasteiger partial charge in [-0.25, -0.2) is 13.7 Å². The number of rotatable bonds is 16. The largest absolute Gasteiger partial charge is 0.472 e. The summed E-state index contributed by atoms with van der Waals surface area (Å²) < 4.78 is 53.0. The van der Waals surface area contributed by atoms with Crippen LogP contribution < -0.4 is 5.23 Å². The molecule has 0 fully saturated rings. The maximum Gasteiger partial charge on any atom is 0.472 e. The molecule has 0 amide bonds. The van der Waals surface area contributed by atoms with Gasteiger partial charge in [-0.1, -0.05) is 6.92 Å². The monoisotopic (exact) mass is 511 g/mol. The number of nitrogens with one attached hydrogen (secondary N) is 1. The van der Waals surface area contributed by atoms with Gasteiger partial charge in [-0.15, -0.1) is 0 Å². The third kappa shape index (κ3) is 17.5. The predicted octanol–water partition coefficient (Wildman–Crippen LogP) is 1.60. The maximum absolute atomic E-state index is 12.2. The second-order valence-electron chi connectivity index (χ2n) is 8.60. The maximum atomic E-state index is 12.2. The molecule has 0 saturated carbocycles. The zero-order valence-corrected chi connectivity index (χ0v) is 20.9. The Labute approximate surface area is 183 Å². The van der Waals surface area contributed by atoms with E-state index in [0.717, 1.165) is 0 Å². The molecule has 0 aliphatic carbocycles. The summed E-state index contributed by atoms with van der Waals surface area (Å²) in [6.07, 6.45) is 0.347. The van der Waals surface area contributed by atoms with Gasteiger partial charge in [-0.2, -0.15) is 0 Å². The molecule has 17 heteroatoms. The zero-order chi connectivity index (χ0) is 24.7. The summed E-state index contributed by atoms with van der Waals surface area (Å²) in [6, 6.07) is 0. The quantitative estimate of drug-likeness (QED) is 0.129. The molecule has 31 heavy (non-hydrogen) atoms. The highest BCUT2D eigenvalue weighted by Gasteiger charge is 2.35. The molecule has 0 aliphatic heterocycles. The Morgan fingerprint density at radius 3 is 1.77 bits per heavy atom. The van der Waals surface area contributed by atoms with E-state index in [1.807, 2.05) is 0 Å². The first-order valence-corrected chi connectivity index (χ1v) is 13.8. The summed E-state index contributed by atoms with van der Waals surface area (Å²) in [4.78, 5) is 45.4. The predicted molar refractivity (Wildman–Crippen MR) is 112 cm³/mol. The Morgan fingerprint density at radius 2 is 1.32 bits per heavy atom. The van der Waals surface area contributed by atoms with Crippen molar-refractivity contribution < 1.29 is 56.3 Å². The molecule has 184 valence electrons. The Balaban J connectivity index is 5.00. The third-order valence-electron chi connectivity index (χ3n) is 3.86. The van der Waals surface area contributed by atoms with Crippen LogP contribution in [0, 0.1) is 11.8 Å². The van der Waals surface area contributed by atoms with E-state index in [2.05, 4.69) is 9.75 Å². The van der Waals surface area contributed by atoms with Gasteiger partial charge in [-0.05, 0) is 46.5 Å². The number of phosphoric acid groups is 3. The van der Waals surface area contributed by atoms with Gasteiger partial charge in [0.2, 0.25) is 0 Å². The van der Waals surface area contributed by atoms with Gasteiger partial charge in [0.1, 0.15) is 0 Å². The molecule has 0 aromatic carbocycles. The highest BCUT2D eigenvalue weighted by Crippen LogP contribution is 2.47. The summed E-state index contributed by atoms with van der Waals surface area (Å²) in [5.41, 5.74) is -1.92. The molecule has 0 aromatic heterocycles. The minimum Gasteiger partial charge on any atom is -0.362 e. The second-order valence-corrected chi connectivity index (χ2v) is 12.5. The summed E-state index contributed by atoms with van der Waals surface area (Å²) in [5, 5.41) is 2.58. The lowest BCUT2D eigenvalue weighted by molar-refractivity contribution is 0.0246. The highest BCUT2D eigenvalue weighted by atomic mass is 31.2. The number of hydrogen-bond donors (Lipinski definition) is 6. The van der Waals surface area contributed by atoms with Gasteiger partial charge in [0.05, 0.1) is 25.4 Å². The summed E-state index contributed by atoms with van der Waals surface area (Å²) >= 11 is 0. The molecule has 0 aromatic rings. The van der Waals surface area contributed by atoms with Crippen LogP contribution in [0.5, 0.6) is 0 Å². The minimum absolute atomic E-state index is 0.0513. The molecule has 0 aliphatic rings. The summed E-state index contributed by atoms with van der Waals surface area (Å²) in [6.45, 7) is 6.82. The van der Waals surface area contributed by atoms with E-state index < -0.39 is 53.1 Å². The fourth-order valence-electron chi connectivity index (χ4n) is 2.76. The van der Waals surface area contributed by atoms with Gasteiger partial charge in [-0.3, -0.25) is 18.1 Å². The van der Waals surface area contributed by atoms with Crippen molar-refractivity contribution in [1.82, 2.24) is 5.23 Å². The van der Waals surface area contributed by atoms with E-state index in [1.54, 1.807) is 13.8 Å². The van der Waals surface area contributed by atoms with Gasteiger partial charge in [0.25, 0.3) is 0 Å². The normalized spacial score (nSPS) is 17.9. The van der Waals surface area contributed by atoms with Crippen molar-refractivity contribution in [2.75, 3.05) is 19.8 Å². The molecule has 0 bridgehead atoms. The van der Waals surface area contributed by atoms with Crippen LogP contribution in [0.4, 0.5) is 0 Å². The lowest BCUT2D eigenvalue weighted by Gasteiger charge is -2.35. The van der Waals surface area contributed by atoms with Crippen LogP contribution in [0.1, 0.15) is 47.5 Å². The fourth-order valence-corrected chi connectivity index (χ4v) is 4.84. The average molecular weight is 511 g/mol. The van der Waals surface area contributed by atoms with E-state index >= 15 is 0 Å². The first-order valence-electron chi connectivity index (χ1n) is 9.21. The van der Waals surface area contributed by atoms with Gasteiger partial charge in [0, 0.05) is 11.5 Å². The molecular weight excluding hydrogens is 478 g/mol. The van der Waals surface area contributed by atoms with E-state index in [-0.39, 0.29) is 19.6 Å². The van der Waals surface area contributed by atoms with Crippen LogP contribution in [-0.4, -0.2) is 63.4 Å². The molecular formula is C14H33BNO12P3. The second kappa shape index (κ2) is 12.2. The Bertz CT molecular complexity index is 694. The van der Waals surface area contributed by atoms with Crippen molar-refractivity contribution >= 4 is 31.4 Å². The molecule has 0 rings (SSSR count). The van der Waals surface area contributed by atoms with E-state index in [0.29, 0.717) is 6.42 Å². The van der Waals surface area contributed by atoms with Gasteiger partial charge >= 0.3 is 23.5 Å². The van der Waals surface area contributed by atoms with Crippen molar-refractivity contribution in [2.45, 2.75) is 58.6 Å². The Morgan fingerprint density at radius 1 is 0.839 bits per heavy atom. The Kier molecular flexibility index (Phi) is 12.3. The molecule has 2 radical (unpaired) electrons. The average Bonchev–Trinajstić information content (AvgIpc) is 2.53. The van der Waals surface area contributed by atoms with Crippen LogP contribution in [0.2, 0.25) is 0 Å². The highest BCUT2D eigenvalue weighted by molar-refractivity contribution is 7.47. The van der Waals surface area contributed by atoms with E-state index in [1.165, 1.54) is 20.8 Å². The van der Waals surface area contributed by atoms with Crippen LogP contribution in [0.25, 0.3) is 0 Å². The van der Waals surface area contributed by atoms with E-state index in [4.69, 9.17) is 41.1 Å². The molecule has 3 atom stereocenters. The van der Waals surface area contributed by atoms with Gasteiger partial charge in [0.15, 0.2) is 7.98 Å². The first-order chi connectivity index (χ1) is 13.7. The first kappa shape index (κ1) is 31.4. The van der Waals surface area contributed by atoms with Crippen molar-refractivity contribution in [3.05, 3.63) is 0 Å². The molecule has 0 spiro atoms. The lowest BCUT2D eigenvalue weighted by atomic mass is 9.83. The summed E-state index contributed by atoms with van der Waals surface area (Å²) in [5.74, 6) is -1.14. The summed E-state index contributed by atoms with van der Waals surface area (Å²) in [7, 11) is -8.48. The minimum atomic E-state index is -4.77. The van der Waals surface area contributed by atoms with Crippen LogP contribution in [0.15, 0.2) is 0 Å². The van der Waals surface area contributed by atoms with E-state index in [9.17, 15) is 18.6 Å². The lowest BCUT2D eigenvalue weighted by Crippen LogP contribution is -2.41. The zero-order valence-electron chi connectivity index (χ0n) is 18.2. The van der Waals surface area contributed by atoms with Crippen molar-refractivity contribution in [3.63, 3.8) is 0 Å². The van der Waals surface area contributed by atoms with Crippen LogP contribution in [0.3, 0.4) is 0 Å². The number of hydrogen-bond acceptors (Lipinski definition) is 8. The van der Waals surface area contributed by atoms with Crippen molar-refractivity contribution in [2.24, 2.45) is 11.8 Å². The Hall–Kier alpha value is 0.355. The smallest absolute Gasteiger partial charge is 0.362 e. The molecule has 13 nitrogen and oxygen atoms in total. The van der Waals surface area contributed by atoms with Crippen LogP contribution >= 0.6 is 23.5 Å². The van der Waals surface area contributed by atoms with Crippen molar-refractivity contribution in [1.29, 1.82) is 0 Å². The van der Waals surface area contributed by atoms with Crippen LogP contribution in [-0.2, 0) is 31.8 Å². The standard InChI is InChI=1S/C14H33BNO12P3/c1-11(8-25-29(17,18)19)9-26-31(23,24)27-10-12(6-13(2,3)16-15)7-14(4,5)28-30(20,21)22/h11-12,16H,6-10H2,1-5H3,(H,23,24)(H2,17,18,19)(H2,20,21,22). The number of phosphoric ester groups is 3. The molecule has 0 saturated heterocycles. The van der Waals surface area contributed by atoms with Crippen molar-refractivity contribution in [3.8, 4) is 0 Å². The molecule has 3 unspecified atom stereocenters. The van der Waals surface area contributed by atoms with Gasteiger partial charge < -0.3 is 29.7 Å². The third-order valence-corrected chi connectivity index (χ3v) is 6.03.